The zero-order chi connectivity index (χ0) is 18.7. The lowest BCUT2D eigenvalue weighted by molar-refractivity contribution is -0.124. The number of rotatable bonds is 5. The van der Waals surface area contributed by atoms with Crippen LogP contribution in [0.2, 0.25) is 0 Å². The lowest BCUT2D eigenvalue weighted by Crippen LogP contribution is -2.31. The molecule has 0 aromatic heterocycles. The summed E-state index contributed by atoms with van der Waals surface area (Å²) >= 11 is 0. The summed E-state index contributed by atoms with van der Waals surface area (Å²) in [6, 6.07) is 7.18. The Kier molecular flexibility index (Phi) is 5.01. The van der Waals surface area contributed by atoms with Crippen LogP contribution in [0.15, 0.2) is 36.4 Å². The monoisotopic (exact) mass is 363 g/mol. The molecule has 0 bridgehead atoms. The average molecular weight is 363 g/mol. The van der Waals surface area contributed by atoms with E-state index in [-0.39, 0.29) is 18.4 Å². The van der Waals surface area contributed by atoms with Gasteiger partial charge in [0.05, 0.1) is 11.6 Å². The van der Waals surface area contributed by atoms with Crippen LogP contribution in [0.3, 0.4) is 0 Å². The Morgan fingerprint density at radius 2 is 1.81 bits per heavy atom. The largest absolute Gasteiger partial charge is 0.454 e. The van der Waals surface area contributed by atoms with Crippen molar-refractivity contribution in [1.29, 1.82) is 0 Å². The van der Waals surface area contributed by atoms with Gasteiger partial charge in [0.2, 0.25) is 6.79 Å². The minimum Gasteiger partial charge on any atom is -0.454 e. The molecule has 3 rings (SSSR count). The Labute approximate surface area is 147 Å². The van der Waals surface area contributed by atoms with Gasteiger partial charge in [0, 0.05) is 6.07 Å². The number of hydrogen-bond donors (Lipinski definition) is 1. The van der Waals surface area contributed by atoms with E-state index >= 15 is 0 Å². The topological polar surface area (TPSA) is 73.9 Å². The summed E-state index contributed by atoms with van der Waals surface area (Å²) < 4.78 is 41.5. The summed E-state index contributed by atoms with van der Waals surface area (Å²) in [6.45, 7) is 1.32. The third-order valence-corrected chi connectivity index (χ3v) is 3.71. The maximum absolute atomic E-state index is 13.1. The van der Waals surface area contributed by atoms with Crippen LogP contribution in [0, 0.1) is 11.6 Å². The Hall–Kier alpha value is -3.16. The molecular weight excluding hydrogens is 348 g/mol. The fourth-order valence-electron chi connectivity index (χ4n) is 2.44. The van der Waals surface area contributed by atoms with Crippen LogP contribution < -0.4 is 14.8 Å². The van der Waals surface area contributed by atoms with Gasteiger partial charge in [-0.25, -0.2) is 13.6 Å². The van der Waals surface area contributed by atoms with Crippen LogP contribution in [0.25, 0.3) is 0 Å². The van der Waals surface area contributed by atoms with Gasteiger partial charge in [0.1, 0.15) is 11.6 Å². The lowest BCUT2D eigenvalue weighted by atomic mass is 10.1. The SMILES string of the molecule is C[C@H](NC(=O)COC(=O)c1cc(F)cc(F)c1)c1ccc2c(c1)OCO2. The zero-order valence-corrected chi connectivity index (χ0v) is 13.8. The van der Waals surface area contributed by atoms with Crippen molar-refractivity contribution < 1.29 is 32.6 Å². The summed E-state index contributed by atoms with van der Waals surface area (Å²) in [6.07, 6.45) is 0. The minimum atomic E-state index is -0.991. The molecule has 1 aliphatic heterocycles. The van der Waals surface area contributed by atoms with Gasteiger partial charge in [-0.1, -0.05) is 6.07 Å². The minimum absolute atomic E-state index is 0.149. The molecule has 1 N–H and O–H groups in total. The van der Waals surface area contributed by atoms with Gasteiger partial charge < -0.3 is 19.5 Å². The molecule has 2 aromatic carbocycles. The van der Waals surface area contributed by atoms with E-state index in [1.54, 1.807) is 25.1 Å². The first-order chi connectivity index (χ1) is 12.4. The predicted octanol–water partition coefficient (Wildman–Crippen LogP) is 2.73. The van der Waals surface area contributed by atoms with Crippen molar-refractivity contribution in [1.82, 2.24) is 5.32 Å². The number of nitrogens with one attached hydrogen (secondary N) is 1. The molecule has 1 aliphatic rings. The summed E-state index contributed by atoms with van der Waals surface area (Å²) in [7, 11) is 0. The number of hydrogen-bond acceptors (Lipinski definition) is 5. The molecule has 1 heterocycles. The van der Waals surface area contributed by atoms with E-state index < -0.39 is 30.1 Å². The van der Waals surface area contributed by atoms with E-state index in [2.05, 4.69) is 5.32 Å². The van der Waals surface area contributed by atoms with Gasteiger partial charge >= 0.3 is 5.97 Å². The van der Waals surface area contributed by atoms with Gasteiger partial charge in [-0.2, -0.15) is 0 Å². The molecule has 6 nitrogen and oxygen atoms in total. The van der Waals surface area contributed by atoms with Crippen LogP contribution in [-0.4, -0.2) is 25.3 Å². The Morgan fingerprint density at radius 3 is 2.54 bits per heavy atom. The van der Waals surface area contributed by atoms with E-state index in [0.717, 1.165) is 17.7 Å². The Morgan fingerprint density at radius 1 is 1.12 bits per heavy atom. The number of carbonyl (C=O) groups excluding carboxylic acids is 2. The molecule has 0 unspecified atom stereocenters. The van der Waals surface area contributed by atoms with Crippen LogP contribution >= 0.6 is 0 Å². The first-order valence-corrected chi connectivity index (χ1v) is 7.74. The summed E-state index contributed by atoms with van der Waals surface area (Å²) in [4.78, 5) is 23.7. The van der Waals surface area contributed by atoms with Crippen molar-refractivity contribution >= 4 is 11.9 Å². The third-order valence-electron chi connectivity index (χ3n) is 3.71. The number of halogens is 2. The fourth-order valence-corrected chi connectivity index (χ4v) is 2.44. The van der Waals surface area contributed by atoms with Gasteiger partial charge in [0.25, 0.3) is 5.91 Å². The highest BCUT2D eigenvalue weighted by atomic mass is 19.1. The molecule has 136 valence electrons. The van der Waals surface area contributed by atoms with Gasteiger partial charge in [-0.3, -0.25) is 4.79 Å². The third kappa shape index (κ3) is 4.08. The Bertz CT molecular complexity index is 835. The van der Waals surface area contributed by atoms with Crippen molar-refractivity contribution in [2.24, 2.45) is 0 Å². The highest BCUT2D eigenvalue weighted by molar-refractivity contribution is 5.91. The van der Waals surface area contributed by atoms with Crippen molar-refractivity contribution in [3.8, 4) is 11.5 Å². The zero-order valence-electron chi connectivity index (χ0n) is 13.8. The van der Waals surface area contributed by atoms with Gasteiger partial charge in [-0.15, -0.1) is 0 Å². The molecule has 0 fully saturated rings. The second-order valence-corrected chi connectivity index (χ2v) is 5.64. The molecule has 0 saturated carbocycles. The molecule has 26 heavy (non-hydrogen) atoms. The molecule has 0 radical (unpaired) electrons. The molecule has 1 atom stereocenters. The molecule has 2 aromatic rings. The normalized spacial score (nSPS) is 13.2. The van der Waals surface area contributed by atoms with E-state index in [1.165, 1.54) is 0 Å². The maximum Gasteiger partial charge on any atom is 0.338 e. The first-order valence-electron chi connectivity index (χ1n) is 7.74. The van der Waals surface area contributed by atoms with Crippen LogP contribution in [-0.2, 0) is 9.53 Å². The molecule has 0 aliphatic carbocycles. The first kappa shape index (κ1) is 17.7. The molecule has 0 spiro atoms. The van der Waals surface area contributed by atoms with Crippen LogP contribution in [0.5, 0.6) is 11.5 Å². The van der Waals surface area contributed by atoms with E-state index in [1.807, 2.05) is 0 Å². The molecular formula is C18H15F2NO5. The number of carbonyl (C=O) groups is 2. The van der Waals surface area contributed by atoms with Crippen molar-refractivity contribution in [2.45, 2.75) is 13.0 Å². The summed E-state index contributed by atoms with van der Waals surface area (Å²) in [5.74, 6) is -2.14. The quantitative estimate of drug-likeness (QED) is 0.827. The lowest BCUT2D eigenvalue weighted by Gasteiger charge is -2.15. The Balaban J connectivity index is 1.54. The smallest absolute Gasteiger partial charge is 0.338 e. The highest BCUT2D eigenvalue weighted by Crippen LogP contribution is 2.34. The fraction of sp³-hybridized carbons (Fsp3) is 0.222. The van der Waals surface area contributed by atoms with Gasteiger partial charge in [0.15, 0.2) is 18.1 Å². The average Bonchev–Trinajstić information content (AvgIpc) is 3.06. The van der Waals surface area contributed by atoms with E-state index in [4.69, 9.17) is 14.2 Å². The van der Waals surface area contributed by atoms with Crippen LogP contribution in [0.1, 0.15) is 28.9 Å². The number of benzene rings is 2. The molecule has 1 amide bonds. The number of fused-ring (bicyclic) bond motifs is 1. The van der Waals surface area contributed by atoms with E-state index in [0.29, 0.717) is 17.6 Å². The van der Waals surface area contributed by atoms with Crippen LogP contribution in [0.4, 0.5) is 8.78 Å². The second kappa shape index (κ2) is 7.38. The van der Waals surface area contributed by atoms with Crippen molar-refractivity contribution in [3.05, 3.63) is 59.2 Å². The van der Waals surface area contributed by atoms with Crippen molar-refractivity contribution in [3.63, 3.8) is 0 Å². The highest BCUT2D eigenvalue weighted by Gasteiger charge is 2.18. The molecule has 8 heteroatoms. The second-order valence-electron chi connectivity index (χ2n) is 5.64. The standard InChI is InChI=1S/C18H15F2NO5/c1-10(11-2-3-15-16(6-11)26-9-25-15)21-17(22)8-24-18(23)12-4-13(19)7-14(20)5-12/h2-7,10H,8-9H2,1H3,(H,21,22)/t10-/m0/s1. The number of esters is 1. The number of amides is 1. The maximum atomic E-state index is 13.1. The van der Waals surface area contributed by atoms with Gasteiger partial charge in [-0.05, 0) is 36.8 Å². The van der Waals surface area contributed by atoms with Crippen molar-refractivity contribution in [2.75, 3.05) is 13.4 Å². The number of ether oxygens (including phenoxy) is 3. The summed E-state index contributed by atoms with van der Waals surface area (Å²) in [5, 5.41) is 2.66. The molecule has 0 saturated heterocycles. The summed E-state index contributed by atoms with van der Waals surface area (Å²) in [5.41, 5.74) is 0.472. The predicted molar refractivity (Wildman–Crippen MR) is 85.8 cm³/mol. The van der Waals surface area contributed by atoms with E-state index in [9.17, 15) is 18.4 Å².